The molecule has 0 aliphatic carbocycles. The van der Waals surface area contributed by atoms with E-state index in [1.54, 1.807) is 0 Å². The summed E-state index contributed by atoms with van der Waals surface area (Å²) in [5.74, 6) is -2.36. The minimum Gasteiger partial charge on any atom is -0.404 e. The Morgan fingerprint density at radius 3 is 2.38 bits per heavy atom. The van der Waals surface area contributed by atoms with Crippen molar-refractivity contribution >= 4 is 23.4 Å². The van der Waals surface area contributed by atoms with Gasteiger partial charge < -0.3 is 10.1 Å². The van der Waals surface area contributed by atoms with Gasteiger partial charge in [-0.1, -0.05) is 12.1 Å². The van der Waals surface area contributed by atoms with Crippen LogP contribution in [0.4, 0.5) is 18.9 Å². The van der Waals surface area contributed by atoms with E-state index in [1.807, 2.05) is 0 Å². The molecule has 1 heterocycles. The highest BCUT2D eigenvalue weighted by molar-refractivity contribution is 6.22. The standard InChI is InChI=1S/C17H11F3N2O4/c1-22-15(24)10-7-6-9(8-11(10)16(22)25)14(23)21-12-4-2-3-5-13(12)26-17(18,19)20/h2-8H,1H3,(H,21,23). The first-order valence-corrected chi connectivity index (χ1v) is 7.30. The molecule has 0 saturated heterocycles. The molecule has 0 bridgehead atoms. The van der Waals surface area contributed by atoms with Gasteiger partial charge in [0, 0.05) is 12.6 Å². The first-order valence-electron chi connectivity index (χ1n) is 7.30. The minimum atomic E-state index is -4.91. The Hall–Kier alpha value is -3.36. The van der Waals surface area contributed by atoms with Gasteiger partial charge in [0.05, 0.1) is 16.8 Å². The average Bonchev–Trinajstić information content (AvgIpc) is 2.79. The van der Waals surface area contributed by atoms with Gasteiger partial charge in [0.2, 0.25) is 0 Å². The molecule has 2 aromatic carbocycles. The quantitative estimate of drug-likeness (QED) is 0.850. The van der Waals surface area contributed by atoms with Gasteiger partial charge in [-0.05, 0) is 30.3 Å². The number of ether oxygens (including phenoxy) is 1. The number of nitrogens with zero attached hydrogens (tertiary/aromatic N) is 1. The number of amides is 3. The molecule has 0 unspecified atom stereocenters. The summed E-state index contributed by atoms with van der Waals surface area (Å²) in [6, 6.07) is 8.92. The second kappa shape index (κ2) is 6.17. The van der Waals surface area contributed by atoms with Crippen molar-refractivity contribution in [3.63, 3.8) is 0 Å². The predicted molar refractivity (Wildman–Crippen MR) is 83.9 cm³/mol. The molecular weight excluding hydrogens is 353 g/mol. The van der Waals surface area contributed by atoms with Gasteiger partial charge in [0.1, 0.15) is 0 Å². The number of carbonyl (C=O) groups is 3. The zero-order valence-corrected chi connectivity index (χ0v) is 13.3. The van der Waals surface area contributed by atoms with E-state index in [9.17, 15) is 27.6 Å². The van der Waals surface area contributed by atoms with Crippen LogP contribution >= 0.6 is 0 Å². The van der Waals surface area contributed by atoms with E-state index >= 15 is 0 Å². The molecule has 1 aliphatic heterocycles. The van der Waals surface area contributed by atoms with E-state index in [1.165, 1.54) is 43.4 Å². The van der Waals surface area contributed by atoms with Gasteiger partial charge in [0.15, 0.2) is 5.75 Å². The van der Waals surface area contributed by atoms with Crippen LogP contribution in [0, 0.1) is 0 Å². The fourth-order valence-electron chi connectivity index (χ4n) is 2.48. The maximum Gasteiger partial charge on any atom is 0.573 e. The third-order valence-corrected chi connectivity index (χ3v) is 3.71. The number of hydrogen-bond donors (Lipinski definition) is 1. The SMILES string of the molecule is CN1C(=O)c2ccc(C(=O)Nc3ccccc3OC(F)(F)F)cc2C1=O. The Balaban J connectivity index is 1.87. The molecule has 0 saturated carbocycles. The van der Waals surface area contributed by atoms with E-state index in [0.717, 1.165) is 11.0 Å². The van der Waals surface area contributed by atoms with Crippen LogP contribution in [-0.2, 0) is 0 Å². The van der Waals surface area contributed by atoms with E-state index in [4.69, 9.17) is 0 Å². The first-order chi connectivity index (χ1) is 12.2. The van der Waals surface area contributed by atoms with Crippen molar-refractivity contribution in [3.8, 4) is 5.75 Å². The summed E-state index contributed by atoms with van der Waals surface area (Å²) < 4.78 is 41.2. The number of hydrogen-bond acceptors (Lipinski definition) is 4. The van der Waals surface area contributed by atoms with Crippen LogP contribution in [-0.4, -0.2) is 36.0 Å². The number of carbonyl (C=O) groups excluding carboxylic acids is 3. The van der Waals surface area contributed by atoms with Crippen LogP contribution in [0.15, 0.2) is 42.5 Å². The lowest BCUT2D eigenvalue weighted by molar-refractivity contribution is -0.274. The van der Waals surface area contributed by atoms with E-state index in [0.29, 0.717) is 0 Å². The lowest BCUT2D eigenvalue weighted by Gasteiger charge is -2.14. The normalized spacial score (nSPS) is 13.6. The number of halogens is 3. The molecule has 3 amide bonds. The van der Waals surface area contributed by atoms with Crippen molar-refractivity contribution in [2.24, 2.45) is 0 Å². The number of alkyl halides is 3. The van der Waals surface area contributed by atoms with Crippen molar-refractivity contribution in [1.82, 2.24) is 4.90 Å². The third kappa shape index (κ3) is 3.23. The van der Waals surface area contributed by atoms with Crippen LogP contribution < -0.4 is 10.1 Å². The Morgan fingerprint density at radius 2 is 1.69 bits per heavy atom. The number of fused-ring (bicyclic) bond motifs is 1. The van der Waals surface area contributed by atoms with Gasteiger partial charge in [-0.2, -0.15) is 0 Å². The highest BCUT2D eigenvalue weighted by Gasteiger charge is 2.34. The molecule has 0 radical (unpaired) electrons. The molecule has 0 fully saturated rings. The zero-order valence-electron chi connectivity index (χ0n) is 13.3. The topological polar surface area (TPSA) is 75.7 Å². The van der Waals surface area contributed by atoms with Gasteiger partial charge in [-0.3, -0.25) is 19.3 Å². The molecule has 3 rings (SSSR count). The maximum atomic E-state index is 12.4. The van der Waals surface area contributed by atoms with Gasteiger partial charge in [0.25, 0.3) is 17.7 Å². The summed E-state index contributed by atoms with van der Waals surface area (Å²) in [4.78, 5) is 37.1. The molecular formula is C17H11F3N2O4. The fourth-order valence-corrected chi connectivity index (χ4v) is 2.48. The maximum absolute atomic E-state index is 12.4. The summed E-state index contributed by atoms with van der Waals surface area (Å²) in [7, 11) is 1.31. The lowest BCUT2D eigenvalue weighted by atomic mass is 10.1. The molecule has 0 aromatic heterocycles. The predicted octanol–water partition coefficient (Wildman–Crippen LogP) is 3.06. The first kappa shape index (κ1) is 17.5. The largest absolute Gasteiger partial charge is 0.573 e. The van der Waals surface area contributed by atoms with Crippen LogP contribution in [0.5, 0.6) is 5.75 Å². The van der Waals surface area contributed by atoms with Crippen LogP contribution in [0.25, 0.3) is 0 Å². The Labute approximate surface area is 145 Å². The van der Waals surface area contributed by atoms with Crippen molar-refractivity contribution in [2.45, 2.75) is 6.36 Å². The van der Waals surface area contributed by atoms with Crippen molar-refractivity contribution in [1.29, 1.82) is 0 Å². The second-order valence-electron chi connectivity index (χ2n) is 5.43. The molecule has 6 nitrogen and oxygen atoms in total. The van der Waals surface area contributed by atoms with Gasteiger partial charge in [-0.25, -0.2) is 0 Å². The molecule has 1 aliphatic rings. The molecule has 0 atom stereocenters. The number of benzene rings is 2. The van der Waals surface area contributed by atoms with Gasteiger partial charge >= 0.3 is 6.36 Å². The number of anilines is 1. The summed E-state index contributed by atoms with van der Waals surface area (Å²) in [5, 5.41) is 2.30. The van der Waals surface area contributed by atoms with Gasteiger partial charge in [-0.15, -0.1) is 13.2 Å². The van der Waals surface area contributed by atoms with Crippen LogP contribution in [0.1, 0.15) is 31.1 Å². The number of imide groups is 1. The van der Waals surface area contributed by atoms with Crippen molar-refractivity contribution < 1.29 is 32.3 Å². The Morgan fingerprint density at radius 1 is 1.04 bits per heavy atom. The summed E-state index contributed by atoms with van der Waals surface area (Å²) in [5.41, 5.74) is 0.0525. The second-order valence-corrected chi connectivity index (χ2v) is 5.43. The lowest BCUT2D eigenvalue weighted by Crippen LogP contribution is -2.24. The van der Waals surface area contributed by atoms with E-state index < -0.39 is 29.8 Å². The number of rotatable bonds is 3. The summed E-state index contributed by atoms with van der Waals surface area (Å²) in [6.07, 6.45) is -4.91. The highest BCUT2D eigenvalue weighted by atomic mass is 19.4. The smallest absolute Gasteiger partial charge is 0.404 e. The highest BCUT2D eigenvalue weighted by Crippen LogP contribution is 2.30. The molecule has 26 heavy (non-hydrogen) atoms. The van der Waals surface area contributed by atoms with Crippen LogP contribution in [0.3, 0.4) is 0 Å². The third-order valence-electron chi connectivity index (χ3n) is 3.71. The van der Waals surface area contributed by atoms with Crippen molar-refractivity contribution in [3.05, 3.63) is 59.2 Å². The average molecular weight is 364 g/mol. The monoisotopic (exact) mass is 364 g/mol. The fraction of sp³-hybridized carbons (Fsp3) is 0.118. The van der Waals surface area contributed by atoms with E-state index in [-0.39, 0.29) is 22.4 Å². The Bertz CT molecular complexity index is 924. The Kier molecular flexibility index (Phi) is 4.15. The zero-order chi connectivity index (χ0) is 19.1. The molecule has 2 aromatic rings. The number of nitrogens with one attached hydrogen (secondary N) is 1. The van der Waals surface area contributed by atoms with Crippen LogP contribution in [0.2, 0.25) is 0 Å². The molecule has 1 N–H and O–H groups in total. The van der Waals surface area contributed by atoms with Crippen molar-refractivity contribution in [2.75, 3.05) is 12.4 Å². The number of para-hydroxylation sites is 2. The summed E-state index contributed by atoms with van der Waals surface area (Å²) >= 11 is 0. The molecule has 134 valence electrons. The summed E-state index contributed by atoms with van der Waals surface area (Å²) in [6.45, 7) is 0. The van der Waals surface area contributed by atoms with E-state index in [2.05, 4.69) is 10.1 Å². The minimum absolute atomic E-state index is 0.0158. The molecule has 0 spiro atoms. The molecule has 9 heteroatoms.